The van der Waals surface area contributed by atoms with Gasteiger partial charge in [0, 0.05) is 18.0 Å². The van der Waals surface area contributed by atoms with Crippen molar-refractivity contribution in [3.05, 3.63) is 272 Å². The summed E-state index contributed by atoms with van der Waals surface area (Å²) in [6.45, 7) is 12.2. The Balaban J connectivity index is 0.000000147. The van der Waals surface area contributed by atoms with Crippen molar-refractivity contribution in [2.45, 2.75) is 41.5 Å². The number of aromatic nitrogens is 1. The molecule has 0 saturated heterocycles. The quantitative estimate of drug-likeness (QED) is 0.161. The zero-order valence-corrected chi connectivity index (χ0v) is 39.3. The molecule has 0 atom stereocenters. The molecule has 0 aliphatic heterocycles. The van der Waals surface area contributed by atoms with Crippen molar-refractivity contribution in [2.75, 3.05) is 0 Å². The summed E-state index contributed by atoms with van der Waals surface area (Å²) < 4.78 is 0. The van der Waals surface area contributed by atoms with Crippen molar-refractivity contribution in [1.29, 1.82) is 0 Å². The minimum Gasteiger partial charge on any atom is -0.264 e. The van der Waals surface area contributed by atoms with Gasteiger partial charge in [-0.2, -0.15) is 0 Å². The Kier molecular flexibility index (Phi) is 18.3. The van der Waals surface area contributed by atoms with E-state index >= 15 is 0 Å². The molecule has 0 saturated carbocycles. The lowest BCUT2D eigenvalue weighted by Crippen LogP contribution is -1.84. The molecular formula is C65H61N. The Labute approximate surface area is 393 Å². The van der Waals surface area contributed by atoms with Crippen molar-refractivity contribution < 1.29 is 0 Å². The molecule has 0 radical (unpaired) electrons. The molecule has 0 aliphatic rings. The van der Waals surface area contributed by atoms with Crippen LogP contribution in [0.15, 0.2) is 261 Å². The molecule has 0 amide bonds. The lowest BCUT2D eigenvalue weighted by molar-refractivity contribution is 1.33. The Morgan fingerprint density at radius 2 is 0.515 bits per heavy atom. The molecule has 1 heteroatoms. The molecule has 11 aromatic rings. The maximum Gasteiger partial charge on any atom is 0.0346 e. The van der Waals surface area contributed by atoms with E-state index in [9.17, 15) is 0 Å². The molecule has 1 aromatic heterocycles. The number of hydrogen-bond donors (Lipinski definition) is 0. The Bertz CT molecular complexity index is 2770. The van der Waals surface area contributed by atoms with Gasteiger partial charge in [0.1, 0.15) is 0 Å². The maximum absolute atomic E-state index is 4.19. The first-order chi connectivity index (χ1) is 32.6. The number of hydrogen-bond acceptors (Lipinski definition) is 1. The molecule has 0 spiro atoms. The predicted molar refractivity (Wildman–Crippen MR) is 290 cm³/mol. The number of pyridine rings is 1. The van der Waals surface area contributed by atoms with Gasteiger partial charge in [0.25, 0.3) is 0 Å². The largest absolute Gasteiger partial charge is 0.264 e. The van der Waals surface area contributed by atoms with Crippen LogP contribution in [0.2, 0.25) is 0 Å². The summed E-state index contributed by atoms with van der Waals surface area (Å²) in [4.78, 5) is 4.19. The summed E-state index contributed by atoms with van der Waals surface area (Å²) in [5, 5.41) is 8.04. The summed E-state index contributed by atoms with van der Waals surface area (Å²) in [5.41, 5.74) is 12.5. The highest BCUT2D eigenvalue weighted by Gasteiger charge is 2.07. The molecular weight excluding hydrogens is 795 g/mol. The van der Waals surface area contributed by atoms with Gasteiger partial charge in [0.05, 0.1) is 0 Å². The van der Waals surface area contributed by atoms with Crippen LogP contribution in [0.3, 0.4) is 0 Å². The minimum atomic E-state index is 1.16. The normalized spacial score (nSPS) is 9.97. The zero-order chi connectivity index (χ0) is 46.4. The third-order valence-corrected chi connectivity index (χ3v) is 10.8. The van der Waals surface area contributed by atoms with E-state index in [1.54, 1.807) is 6.20 Å². The highest BCUT2D eigenvalue weighted by Crippen LogP contribution is 2.34. The molecule has 0 N–H and O–H groups in total. The Hall–Kier alpha value is -7.87. The van der Waals surface area contributed by atoms with E-state index in [4.69, 9.17) is 0 Å². The molecule has 1 nitrogen and oxygen atoms in total. The van der Waals surface area contributed by atoms with Gasteiger partial charge in [-0.15, -0.1) is 0 Å². The molecule has 1 heterocycles. The first-order valence-corrected chi connectivity index (χ1v) is 23.2. The molecule has 10 aromatic carbocycles. The Morgan fingerprint density at radius 1 is 0.227 bits per heavy atom. The summed E-state index contributed by atoms with van der Waals surface area (Å²) in [7, 11) is 0. The van der Waals surface area contributed by atoms with Gasteiger partial charge < -0.3 is 0 Å². The van der Waals surface area contributed by atoms with Gasteiger partial charge in [0.15, 0.2) is 0 Å². The van der Waals surface area contributed by atoms with Crippen LogP contribution in [-0.4, -0.2) is 4.98 Å². The van der Waals surface area contributed by atoms with Crippen LogP contribution in [0.4, 0.5) is 0 Å². The fraction of sp³-hybridized carbons (Fsp3) is 0.0923. The summed E-state index contributed by atoms with van der Waals surface area (Å²) in [5.74, 6) is 0. The summed E-state index contributed by atoms with van der Waals surface area (Å²) in [6.07, 6.45) is 3.71. The SMILES string of the molecule is CC.CC.Cc1cc(-c2ccccc2)cc(-c2cccnc2)c1.Cc1ccccc1.c1ccc(-c2cccc(-c3ccccc3)c2)cc1.c1ccc2c(c1)c1ccccc1c1ccccc21. The first kappa shape index (κ1) is 47.6. The Morgan fingerprint density at radius 3 is 0.848 bits per heavy atom. The number of rotatable bonds is 4. The fourth-order valence-electron chi connectivity index (χ4n) is 7.81. The number of benzene rings is 10. The van der Waals surface area contributed by atoms with Gasteiger partial charge in [0.2, 0.25) is 0 Å². The molecule has 326 valence electrons. The molecule has 0 aliphatic carbocycles. The lowest BCUT2D eigenvalue weighted by atomic mass is 9.95. The average molecular weight is 856 g/mol. The van der Waals surface area contributed by atoms with E-state index < -0.39 is 0 Å². The van der Waals surface area contributed by atoms with Crippen molar-refractivity contribution in [2.24, 2.45) is 0 Å². The van der Waals surface area contributed by atoms with Gasteiger partial charge >= 0.3 is 0 Å². The number of fused-ring (bicyclic) bond motifs is 6. The van der Waals surface area contributed by atoms with Crippen LogP contribution in [-0.2, 0) is 0 Å². The standard InChI is InChI=1S/C18H15N.C18H12.C18H14.C7H8.2C2H6/c1-14-10-17(15-6-3-2-4-7-15)12-18(11-14)16-8-5-9-19-13-16;1-2-8-14-13(7-1)15-9-3-4-11-17(15)18-12-6-5-10-16(14)18;1-3-8-15(9-4-1)17-12-7-13-18(14-17)16-10-5-2-6-11-16;1-7-5-3-2-4-6-7;2*1-2/h2-13H,1H3;1-12H;1-14H;2-6H,1H3;2*1-2H3. The van der Waals surface area contributed by atoms with Crippen molar-refractivity contribution in [3.8, 4) is 44.5 Å². The second-order valence-corrected chi connectivity index (χ2v) is 15.3. The van der Waals surface area contributed by atoms with Crippen LogP contribution >= 0.6 is 0 Å². The van der Waals surface area contributed by atoms with E-state index in [2.05, 4.69) is 225 Å². The summed E-state index contributed by atoms with van der Waals surface area (Å²) >= 11 is 0. The van der Waals surface area contributed by atoms with E-state index in [1.165, 1.54) is 82.4 Å². The highest BCUT2D eigenvalue weighted by atomic mass is 14.6. The van der Waals surface area contributed by atoms with Crippen molar-refractivity contribution >= 4 is 32.3 Å². The topological polar surface area (TPSA) is 12.9 Å². The second-order valence-electron chi connectivity index (χ2n) is 15.3. The average Bonchev–Trinajstić information content (AvgIpc) is 3.41. The maximum atomic E-state index is 4.19. The first-order valence-electron chi connectivity index (χ1n) is 23.2. The van der Waals surface area contributed by atoms with Crippen molar-refractivity contribution in [3.63, 3.8) is 0 Å². The van der Waals surface area contributed by atoms with Gasteiger partial charge in [-0.05, 0) is 109 Å². The number of nitrogens with zero attached hydrogens (tertiary/aromatic N) is 1. The van der Waals surface area contributed by atoms with Crippen molar-refractivity contribution in [1.82, 2.24) is 4.98 Å². The third kappa shape index (κ3) is 12.9. The lowest BCUT2D eigenvalue weighted by Gasteiger charge is -2.09. The molecule has 0 unspecified atom stereocenters. The third-order valence-electron chi connectivity index (χ3n) is 10.8. The number of aryl methyl sites for hydroxylation is 2. The zero-order valence-electron chi connectivity index (χ0n) is 39.3. The van der Waals surface area contributed by atoms with Gasteiger partial charge in [-0.25, -0.2) is 0 Å². The smallest absolute Gasteiger partial charge is 0.0346 e. The van der Waals surface area contributed by atoms with Crippen LogP contribution in [0.25, 0.3) is 76.8 Å². The van der Waals surface area contributed by atoms with Crippen LogP contribution in [0.1, 0.15) is 38.8 Å². The fourth-order valence-corrected chi connectivity index (χ4v) is 7.81. The van der Waals surface area contributed by atoms with E-state index in [-0.39, 0.29) is 0 Å². The molecule has 66 heavy (non-hydrogen) atoms. The highest BCUT2D eigenvalue weighted by molar-refractivity contribution is 6.25. The summed E-state index contributed by atoms with van der Waals surface area (Å²) in [6, 6.07) is 87.0. The van der Waals surface area contributed by atoms with E-state index in [1.807, 2.05) is 76.4 Å². The monoisotopic (exact) mass is 855 g/mol. The van der Waals surface area contributed by atoms with Crippen LogP contribution < -0.4 is 0 Å². The predicted octanol–water partition coefficient (Wildman–Crippen LogP) is 18.9. The van der Waals surface area contributed by atoms with E-state index in [0.717, 1.165) is 5.56 Å². The molecule has 11 rings (SSSR count). The molecule has 0 fully saturated rings. The molecule has 0 bridgehead atoms. The minimum absolute atomic E-state index is 1.16. The van der Waals surface area contributed by atoms with Gasteiger partial charge in [-0.1, -0.05) is 264 Å². The van der Waals surface area contributed by atoms with Crippen LogP contribution in [0, 0.1) is 13.8 Å². The second kappa shape index (κ2) is 25.4. The van der Waals surface area contributed by atoms with E-state index in [0.29, 0.717) is 0 Å². The van der Waals surface area contributed by atoms with Crippen LogP contribution in [0.5, 0.6) is 0 Å². The van der Waals surface area contributed by atoms with Gasteiger partial charge in [-0.3, -0.25) is 4.98 Å².